The van der Waals surface area contributed by atoms with Gasteiger partial charge in [-0.2, -0.15) is 0 Å². The molecule has 1 N–H and O–H groups in total. The summed E-state index contributed by atoms with van der Waals surface area (Å²) < 4.78 is 0. The van der Waals surface area contributed by atoms with E-state index in [-0.39, 0.29) is 5.78 Å². The van der Waals surface area contributed by atoms with Gasteiger partial charge in [0.05, 0.1) is 5.02 Å². The fraction of sp³-hybridized carbons (Fsp3) is 0.235. The van der Waals surface area contributed by atoms with Crippen LogP contribution in [0.4, 0.5) is 5.69 Å². The maximum absolute atomic E-state index is 11.3. The number of ketones is 1. The summed E-state index contributed by atoms with van der Waals surface area (Å²) in [7, 11) is 0. The van der Waals surface area contributed by atoms with Crippen molar-refractivity contribution in [3.63, 3.8) is 0 Å². The third kappa shape index (κ3) is 4.10. The SMILES string of the molecule is CC(=O)c1ccc(NCCCc2ccccc2)cc1Cl. The molecule has 104 valence electrons. The number of rotatable bonds is 6. The Balaban J connectivity index is 1.83. The van der Waals surface area contributed by atoms with Crippen LogP contribution in [-0.4, -0.2) is 12.3 Å². The monoisotopic (exact) mass is 287 g/mol. The second-order valence-electron chi connectivity index (χ2n) is 4.77. The molecule has 0 amide bonds. The van der Waals surface area contributed by atoms with Gasteiger partial charge >= 0.3 is 0 Å². The molecular weight excluding hydrogens is 270 g/mol. The van der Waals surface area contributed by atoms with Gasteiger partial charge in [-0.25, -0.2) is 0 Å². The Morgan fingerprint density at radius 3 is 2.55 bits per heavy atom. The van der Waals surface area contributed by atoms with Gasteiger partial charge in [-0.1, -0.05) is 41.9 Å². The van der Waals surface area contributed by atoms with Gasteiger partial charge in [0.1, 0.15) is 0 Å². The van der Waals surface area contributed by atoms with Crippen molar-refractivity contribution in [3.8, 4) is 0 Å². The molecule has 0 aliphatic heterocycles. The van der Waals surface area contributed by atoms with Crippen LogP contribution in [0.3, 0.4) is 0 Å². The van der Waals surface area contributed by atoms with Gasteiger partial charge in [-0.05, 0) is 43.5 Å². The molecule has 3 heteroatoms. The molecule has 0 unspecified atom stereocenters. The summed E-state index contributed by atoms with van der Waals surface area (Å²) in [5, 5.41) is 3.83. The van der Waals surface area contributed by atoms with Crippen molar-refractivity contribution in [1.29, 1.82) is 0 Å². The standard InChI is InChI=1S/C17H18ClNO/c1-13(20)16-10-9-15(12-17(16)18)19-11-5-8-14-6-3-2-4-7-14/h2-4,6-7,9-10,12,19H,5,8,11H2,1H3. The smallest absolute Gasteiger partial charge is 0.161 e. The highest BCUT2D eigenvalue weighted by Gasteiger charge is 2.05. The number of aryl methyl sites for hydroxylation is 1. The van der Waals surface area contributed by atoms with E-state index in [2.05, 4.69) is 29.6 Å². The Hall–Kier alpha value is -1.80. The number of hydrogen-bond donors (Lipinski definition) is 1. The maximum atomic E-state index is 11.3. The van der Waals surface area contributed by atoms with Gasteiger partial charge in [0.15, 0.2) is 5.78 Å². The summed E-state index contributed by atoms with van der Waals surface area (Å²) in [5.74, 6) is -0.00868. The lowest BCUT2D eigenvalue weighted by Gasteiger charge is -2.08. The number of benzene rings is 2. The first kappa shape index (κ1) is 14.6. The Morgan fingerprint density at radius 1 is 1.15 bits per heavy atom. The Kier molecular flexibility index (Phi) is 5.19. The van der Waals surface area contributed by atoms with Gasteiger partial charge in [-0.3, -0.25) is 4.79 Å². The van der Waals surface area contributed by atoms with Crippen molar-refractivity contribution < 1.29 is 4.79 Å². The zero-order valence-electron chi connectivity index (χ0n) is 11.5. The third-order valence-corrected chi connectivity index (χ3v) is 3.48. The molecule has 0 aliphatic rings. The van der Waals surface area contributed by atoms with E-state index in [0.29, 0.717) is 10.6 Å². The molecule has 0 atom stereocenters. The summed E-state index contributed by atoms with van der Waals surface area (Å²) in [6, 6.07) is 15.9. The van der Waals surface area contributed by atoms with Crippen LogP contribution in [0.25, 0.3) is 0 Å². The largest absolute Gasteiger partial charge is 0.385 e. The van der Waals surface area contributed by atoms with Gasteiger partial charge in [0.2, 0.25) is 0 Å². The quantitative estimate of drug-likeness (QED) is 0.622. The molecular formula is C17H18ClNO. The van der Waals surface area contributed by atoms with Crippen molar-refractivity contribution in [2.75, 3.05) is 11.9 Å². The zero-order chi connectivity index (χ0) is 14.4. The molecule has 2 aromatic rings. The number of halogens is 1. The summed E-state index contributed by atoms with van der Waals surface area (Å²) in [6.07, 6.45) is 2.10. The van der Waals surface area contributed by atoms with E-state index >= 15 is 0 Å². The van der Waals surface area contributed by atoms with E-state index in [1.54, 1.807) is 12.1 Å². The molecule has 20 heavy (non-hydrogen) atoms. The summed E-state index contributed by atoms with van der Waals surface area (Å²) in [4.78, 5) is 11.3. The predicted octanol–water partition coefficient (Wildman–Crippen LogP) is 4.59. The molecule has 0 saturated heterocycles. The molecule has 0 heterocycles. The molecule has 0 aromatic heterocycles. The normalized spacial score (nSPS) is 10.3. The Morgan fingerprint density at radius 2 is 1.90 bits per heavy atom. The van der Waals surface area contributed by atoms with Crippen LogP contribution in [0.1, 0.15) is 29.3 Å². The van der Waals surface area contributed by atoms with Crippen molar-refractivity contribution in [2.45, 2.75) is 19.8 Å². The molecule has 0 spiro atoms. The Bertz CT molecular complexity index is 581. The first-order valence-electron chi connectivity index (χ1n) is 6.75. The van der Waals surface area contributed by atoms with Crippen LogP contribution >= 0.6 is 11.6 Å². The molecule has 2 nitrogen and oxygen atoms in total. The number of anilines is 1. The average molecular weight is 288 g/mol. The van der Waals surface area contributed by atoms with Crippen LogP contribution in [0.15, 0.2) is 48.5 Å². The molecule has 0 fully saturated rings. The highest BCUT2D eigenvalue weighted by atomic mass is 35.5. The molecule has 2 rings (SSSR count). The number of nitrogens with one attached hydrogen (secondary N) is 1. The van der Waals surface area contributed by atoms with Crippen LogP contribution in [0.2, 0.25) is 5.02 Å². The predicted molar refractivity (Wildman–Crippen MR) is 84.7 cm³/mol. The highest BCUT2D eigenvalue weighted by molar-refractivity contribution is 6.34. The van der Waals surface area contributed by atoms with E-state index < -0.39 is 0 Å². The van der Waals surface area contributed by atoms with Gasteiger partial charge < -0.3 is 5.32 Å². The van der Waals surface area contributed by atoms with E-state index in [1.165, 1.54) is 12.5 Å². The first-order chi connectivity index (χ1) is 9.66. The van der Waals surface area contributed by atoms with Crippen molar-refractivity contribution in [3.05, 3.63) is 64.7 Å². The topological polar surface area (TPSA) is 29.1 Å². The number of carbonyl (C=O) groups excluding carboxylic acids is 1. The molecule has 0 saturated carbocycles. The molecule has 0 aliphatic carbocycles. The molecule has 2 aromatic carbocycles. The van der Waals surface area contributed by atoms with Crippen LogP contribution in [0.5, 0.6) is 0 Å². The van der Waals surface area contributed by atoms with E-state index in [4.69, 9.17) is 11.6 Å². The minimum atomic E-state index is -0.00868. The van der Waals surface area contributed by atoms with Crippen molar-refractivity contribution in [2.24, 2.45) is 0 Å². The lowest BCUT2D eigenvalue weighted by atomic mass is 10.1. The van der Waals surface area contributed by atoms with Crippen molar-refractivity contribution in [1.82, 2.24) is 0 Å². The summed E-state index contributed by atoms with van der Waals surface area (Å²) in [5.41, 5.74) is 2.87. The Labute approximate surface area is 124 Å². The second kappa shape index (κ2) is 7.11. The van der Waals surface area contributed by atoms with Gasteiger partial charge in [0, 0.05) is 17.8 Å². The number of hydrogen-bond acceptors (Lipinski definition) is 2. The molecule has 0 bridgehead atoms. The van der Waals surface area contributed by atoms with Gasteiger partial charge in [-0.15, -0.1) is 0 Å². The molecule has 0 radical (unpaired) electrons. The minimum absolute atomic E-state index is 0.00868. The number of Topliss-reactive ketones (excluding diaryl/α,β-unsaturated/α-hetero) is 1. The lowest BCUT2D eigenvalue weighted by molar-refractivity contribution is 0.101. The first-order valence-corrected chi connectivity index (χ1v) is 7.13. The fourth-order valence-corrected chi connectivity index (χ4v) is 2.39. The summed E-state index contributed by atoms with van der Waals surface area (Å²) >= 11 is 6.07. The average Bonchev–Trinajstić information content (AvgIpc) is 2.44. The van der Waals surface area contributed by atoms with Gasteiger partial charge in [0.25, 0.3) is 0 Å². The van der Waals surface area contributed by atoms with Crippen LogP contribution in [0, 0.1) is 0 Å². The third-order valence-electron chi connectivity index (χ3n) is 3.16. The van der Waals surface area contributed by atoms with E-state index in [1.807, 2.05) is 12.1 Å². The zero-order valence-corrected chi connectivity index (χ0v) is 12.3. The van der Waals surface area contributed by atoms with E-state index in [9.17, 15) is 4.79 Å². The fourth-order valence-electron chi connectivity index (χ4n) is 2.08. The number of carbonyl (C=O) groups is 1. The van der Waals surface area contributed by atoms with Crippen molar-refractivity contribution >= 4 is 23.1 Å². The second-order valence-corrected chi connectivity index (χ2v) is 5.17. The van der Waals surface area contributed by atoms with Crippen LogP contribution < -0.4 is 5.32 Å². The van der Waals surface area contributed by atoms with Crippen LogP contribution in [-0.2, 0) is 6.42 Å². The minimum Gasteiger partial charge on any atom is -0.385 e. The highest BCUT2D eigenvalue weighted by Crippen LogP contribution is 2.21. The summed E-state index contributed by atoms with van der Waals surface area (Å²) in [6.45, 7) is 2.40. The maximum Gasteiger partial charge on any atom is 0.161 e. The van der Waals surface area contributed by atoms with E-state index in [0.717, 1.165) is 25.1 Å². The lowest BCUT2D eigenvalue weighted by Crippen LogP contribution is -2.03.